The summed E-state index contributed by atoms with van der Waals surface area (Å²) in [6.07, 6.45) is 1.05. The SMILES string of the molecule is CCc1ccc(OCc2ccc(Cl)cc2)cc1. The van der Waals surface area contributed by atoms with E-state index < -0.39 is 0 Å². The quantitative estimate of drug-likeness (QED) is 0.773. The Hall–Kier alpha value is -1.47. The molecular formula is C15H15ClO. The van der Waals surface area contributed by atoms with Crippen molar-refractivity contribution in [2.24, 2.45) is 0 Å². The van der Waals surface area contributed by atoms with Crippen molar-refractivity contribution in [1.82, 2.24) is 0 Å². The summed E-state index contributed by atoms with van der Waals surface area (Å²) in [5.41, 5.74) is 2.44. The molecule has 2 heteroatoms. The van der Waals surface area contributed by atoms with E-state index in [-0.39, 0.29) is 0 Å². The number of ether oxygens (including phenoxy) is 1. The third-order valence-corrected chi connectivity index (χ3v) is 2.90. The Balaban J connectivity index is 1.95. The lowest BCUT2D eigenvalue weighted by Gasteiger charge is -2.07. The molecule has 0 amide bonds. The van der Waals surface area contributed by atoms with Crippen molar-refractivity contribution in [3.05, 3.63) is 64.7 Å². The van der Waals surface area contributed by atoms with Gasteiger partial charge < -0.3 is 4.74 Å². The van der Waals surface area contributed by atoms with E-state index in [1.807, 2.05) is 36.4 Å². The van der Waals surface area contributed by atoms with Gasteiger partial charge in [-0.1, -0.05) is 42.8 Å². The number of aryl methyl sites for hydroxylation is 1. The predicted octanol–water partition coefficient (Wildman–Crippen LogP) is 4.48. The Bertz CT molecular complexity index is 459. The van der Waals surface area contributed by atoms with Gasteiger partial charge in [-0.2, -0.15) is 0 Å². The molecule has 88 valence electrons. The van der Waals surface area contributed by atoms with Crippen LogP contribution in [0.3, 0.4) is 0 Å². The van der Waals surface area contributed by atoms with Gasteiger partial charge in [0, 0.05) is 5.02 Å². The zero-order valence-electron chi connectivity index (χ0n) is 9.82. The van der Waals surface area contributed by atoms with Crippen LogP contribution in [0.25, 0.3) is 0 Å². The van der Waals surface area contributed by atoms with Crippen LogP contribution in [0.5, 0.6) is 5.75 Å². The highest BCUT2D eigenvalue weighted by Gasteiger charge is 1.96. The first-order valence-corrected chi connectivity index (χ1v) is 6.12. The van der Waals surface area contributed by atoms with Crippen molar-refractivity contribution in [2.75, 3.05) is 0 Å². The highest BCUT2D eigenvalue weighted by Crippen LogP contribution is 2.15. The average molecular weight is 247 g/mol. The number of halogens is 1. The van der Waals surface area contributed by atoms with E-state index >= 15 is 0 Å². The van der Waals surface area contributed by atoms with E-state index in [1.54, 1.807) is 0 Å². The fourth-order valence-electron chi connectivity index (χ4n) is 1.57. The molecule has 0 unspecified atom stereocenters. The fourth-order valence-corrected chi connectivity index (χ4v) is 1.69. The van der Waals surface area contributed by atoms with E-state index in [0.29, 0.717) is 6.61 Å². The maximum absolute atomic E-state index is 5.82. The largest absolute Gasteiger partial charge is 0.489 e. The molecule has 2 rings (SSSR count). The van der Waals surface area contributed by atoms with Crippen LogP contribution in [0.2, 0.25) is 5.02 Å². The lowest BCUT2D eigenvalue weighted by atomic mass is 10.2. The van der Waals surface area contributed by atoms with Crippen LogP contribution < -0.4 is 4.74 Å². The van der Waals surface area contributed by atoms with Gasteiger partial charge in [-0.3, -0.25) is 0 Å². The van der Waals surface area contributed by atoms with Gasteiger partial charge in [0.1, 0.15) is 12.4 Å². The standard InChI is InChI=1S/C15H15ClO/c1-2-12-5-9-15(10-6-12)17-11-13-3-7-14(16)8-4-13/h3-10H,2,11H2,1H3. The van der Waals surface area contributed by atoms with Crippen LogP contribution in [-0.4, -0.2) is 0 Å². The van der Waals surface area contributed by atoms with Crippen molar-refractivity contribution >= 4 is 11.6 Å². The Morgan fingerprint density at radius 3 is 2.06 bits per heavy atom. The molecular weight excluding hydrogens is 232 g/mol. The summed E-state index contributed by atoms with van der Waals surface area (Å²) in [7, 11) is 0. The molecule has 0 aliphatic heterocycles. The molecule has 0 N–H and O–H groups in total. The molecule has 2 aromatic carbocycles. The van der Waals surface area contributed by atoms with Crippen molar-refractivity contribution in [2.45, 2.75) is 20.0 Å². The monoisotopic (exact) mass is 246 g/mol. The lowest BCUT2D eigenvalue weighted by Crippen LogP contribution is -1.95. The third kappa shape index (κ3) is 3.50. The second-order valence-corrected chi connectivity index (χ2v) is 4.35. The Morgan fingerprint density at radius 1 is 0.882 bits per heavy atom. The summed E-state index contributed by atoms with van der Waals surface area (Å²) in [6.45, 7) is 2.71. The fraction of sp³-hybridized carbons (Fsp3) is 0.200. The van der Waals surface area contributed by atoms with Gasteiger partial charge in [-0.05, 0) is 41.8 Å². The molecule has 0 heterocycles. The van der Waals surface area contributed by atoms with Crippen molar-refractivity contribution in [3.63, 3.8) is 0 Å². The molecule has 0 atom stereocenters. The molecule has 0 saturated carbocycles. The topological polar surface area (TPSA) is 9.23 Å². The van der Waals surface area contributed by atoms with Gasteiger partial charge in [-0.25, -0.2) is 0 Å². The van der Waals surface area contributed by atoms with Gasteiger partial charge >= 0.3 is 0 Å². The molecule has 0 aliphatic rings. The number of rotatable bonds is 4. The first-order valence-electron chi connectivity index (χ1n) is 5.74. The minimum atomic E-state index is 0.572. The van der Waals surface area contributed by atoms with Gasteiger partial charge in [0.2, 0.25) is 0 Å². The van der Waals surface area contributed by atoms with Crippen molar-refractivity contribution < 1.29 is 4.74 Å². The van der Waals surface area contributed by atoms with Crippen LogP contribution >= 0.6 is 11.6 Å². The first kappa shape index (κ1) is 12.0. The highest BCUT2D eigenvalue weighted by molar-refractivity contribution is 6.30. The second kappa shape index (κ2) is 5.74. The van der Waals surface area contributed by atoms with E-state index in [2.05, 4.69) is 19.1 Å². The van der Waals surface area contributed by atoms with Gasteiger partial charge in [0.25, 0.3) is 0 Å². The van der Waals surface area contributed by atoms with Gasteiger partial charge in [-0.15, -0.1) is 0 Å². The molecule has 0 spiro atoms. The molecule has 0 fully saturated rings. The summed E-state index contributed by atoms with van der Waals surface area (Å²) >= 11 is 5.82. The smallest absolute Gasteiger partial charge is 0.119 e. The predicted molar refractivity (Wildman–Crippen MR) is 71.6 cm³/mol. The third-order valence-electron chi connectivity index (χ3n) is 2.65. The van der Waals surface area contributed by atoms with Crippen LogP contribution in [-0.2, 0) is 13.0 Å². The normalized spacial score (nSPS) is 10.2. The molecule has 0 saturated heterocycles. The zero-order valence-corrected chi connectivity index (χ0v) is 10.6. The van der Waals surface area contributed by atoms with Crippen LogP contribution in [0, 0.1) is 0 Å². The summed E-state index contributed by atoms with van der Waals surface area (Å²) in [5, 5.41) is 0.751. The molecule has 1 nitrogen and oxygen atoms in total. The molecule has 0 aliphatic carbocycles. The maximum Gasteiger partial charge on any atom is 0.119 e. The maximum atomic E-state index is 5.82. The van der Waals surface area contributed by atoms with E-state index in [1.165, 1.54) is 5.56 Å². The molecule has 0 bridgehead atoms. The Labute approximate surface area is 107 Å². The first-order chi connectivity index (χ1) is 8.28. The van der Waals surface area contributed by atoms with Crippen molar-refractivity contribution in [1.29, 1.82) is 0 Å². The number of hydrogen-bond donors (Lipinski definition) is 0. The summed E-state index contributed by atoms with van der Waals surface area (Å²) in [5.74, 6) is 0.900. The van der Waals surface area contributed by atoms with Gasteiger partial charge in [0.15, 0.2) is 0 Å². The average Bonchev–Trinajstić information content (AvgIpc) is 2.39. The van der Waals surface area contributed by atoms with Crippen LogP contribution in [0.4, 0.5) is 0 Å². The summed E-state index contributed by atoms with van der Waals surface area (Å²) in [6, 6.07) is 15.9. The van der Waals surface area contributed by atoms with Gasteiger partial charge in [0.05, 0.1) is 0 Å². The molecule has 0 radical (unpaired) electrons. The van der Waals surface area contributed by atoms with E-state index in [0.717, 1.165) is 22.8 Å². The Kier molecular flexibility index (Phi) is 4.05. The van der Waals surface area contributed by atoms with E-state index in [9.17, 15) is 0 Å². The summed E-state index contributed by atoms with van der Waals surface area (Å²) < 4.78 is 5.69. The molecule has 0 aromatic heterocycles. The number of hydrogen-bond acceptors (Lipinski definition) is 1. The number of benzene rings is 2. The molecule has 17 heavy (non-hydrogen) atoms. The minimum Gasteiger partial charge on any atom is -0.489 e. The van der Waals surface area contributed by atoms with Crippen molar-refractivity contribution in [3.8, 4) is 5.75 Å². The minimum absolute atomic E-state index is 0.572. The lowest BCUT2D eigenvalue weighted by molar-refractivity contribution is 0.306. The zero-order chi connectivity index (χ0) is 12.1. The Morgan fingerprint density at radius 2 is 1.47 bits per heavy atom. The van der Waals surface area contributed by atoms with Crippen LogP contribution in [0.15, 0.2) is 48.5 Å². The highest BCUT2D eigenvalue weighted by atomic mass is 35.5. The molecule has 2 aromatic rings. The summed E-state index contributed by atoms with van der Waals surface area (Å²) in [4.78, 5) is 0. The second-order valence-electron chi connectivity index (χ2n) is 3.91. The van der Waals surface area contributed by atoms with Crippen LogP contribution in [0.1, 0.15) is 18.1 Å². The van der Waals surface area contributed by atoms with E-state index in [4.69, 9.17) is 16.3 Å².